The largest absolute Gasteiger partial charge is 0.458 e. The highest BCUT2D eigenvalue weighted by atomic mass is 16.5. The molecule has 0 heterocycles. The molecule has 1 rings (SSSR count). The van der Waals surface area contributed by atoms with Crippen molar-refractivity contribution < 1.29 is 24.5 Å². The zero-order valence-corrected chi connectivity index (χ0v) is 12.7. The third-order valence-electron chi connectivity index (χ3n) is 3.07. The topological polar surface area (TPSA) is 95.9 Å². The number of nitrogens with one attached hydrogen (secondary N) is 1. The maximum absolute atomic E-state index is 11.6. The van der Waals surface area contributed by atoms with Crippen molar-refractivity contribution in [2.75, 3.05) is 6.61 Å². The van der Waals surface area contributed by atoms with Gasteiger partial charge < -0.3 is 20.3 Å². The average molecular weight is 307 g/mol. The van der Waals surface area contributed by atoms with E-state index in [9.17, 15) is 14.7 Å². The number of amides is 1. The van der Waals surface area contributed by atoms with Gasteiger partial charge in [0.2, 0.25) is 0 Å². The van der Waals surface area contributed by atoms with Crippen LogP contribution in [0.4, 0.5) is 0 Å². The predicted molar refractivity (Wildman–Crippen MR) is 80.4 cm³/mol. The zero-order chi connectivity index (χ0) is 16.6. The first-order valence-corrected chi connectivity index (χ1v) is 6.83. The van der Waals surface area contributed by atoms with Gasteiger partial charge in [0, 0.05) is 17.7 Å². The van der Waals surface area contributed by atoms with Crippen molar-refractivity contribution in [1.29, 1.82) is 0 Å². The molecular weight excluding hydrogens is 286 g/mol. The summed E-state index contributed by atoms with van der Waals surface area (Å²) in [7, 11) is 0. The van der Waals surface area contributed by atoms with Crippen molar-refractivity contribution >= 4 is 11.9 Å². The molecule has 0 fully saturated rings. The van der Waals surface area contributed by atoms with E-state index in [1.165, 1.54) is 0 Å². The van der Waals surface area contributed by atoms with Crippen LogP contribution in [0.2, 0.25) is 0 Å². The smallest absolute Gasteiger partial charge is 0.332 e. The first-order chi connectivity index (χ1) is 10.4. The van der Waals surface area contributed by atoms with E-state index >= 15 is 0 Å². The number of aliphatic hydroxyl groups excluding tert-OH is 2. The van der Waals surface area contributed by atoms with E-state index in [1.54, 1.807) is 13.8 Å². The summed E-state index contributed by atoms with van der Waals surface area (Å²) in [5.74, 6) is -1.31. The number of aliphatic hydroxyl groups is 2. The molecule has 1 aromatic carbocycles. The van der Waals surface area contributed by atoms with Crippen molar-refractivity contribution in [3.63, 3.8) is 0 Å². The number of rotatable bonds is 7. The summed E-state index contributed by atoms with van der Waals surface area (Å²) in [6, 6.07) is 9.19. The molecule has 6 nitrogen and oxygen atoms in total. The highest BCUT2D eigenvalue weighted by Gasteiger charge is 2.32. The second-order valence-electron chi connectivity index (χ2n) is 5.48. The lowest BCUT2D eigenvalue weighted by Gasteiger charge is -2.26. The Labute approximate surface area is 129 Å². The molecule has 0 spiro atoms. The lowest BCUT2D eigenvalue weighted by molar-refractivity contribution is -0.139. The van der Waals surface area contributed by atoms with Gasteiger partial charge in [-0.1, -0.05) is 44.2 Å². The van der Waals surface area contributed by atoms with E-state index in [0.29, 0.717) is 0 Å². The molecule has 0 aliphatic rings. The normalized spacial score (nSPS) is 12.9. The van der Waals surface area contributed by atoms with Gasteiger partial charge in [0.1, 0.15) is 12.7 Å². The highest BCUT2D eigenvalue weighted by molar-refractivity contribution is 5.85. The van der Waals surface area contributed by atoms with Crippen molar-refractivity contribution in [1.82, 2.24) is 5.32 Å². The van der Waals surface area contributed by atoms with Crippen LogP contribution in [0, 0.1) is 5.41 Å². The van der Waals surface area contributed by atoms with Gasteiger partial charge in [0.05, 0.1) is 6.61 Å². The SMILES string of the molecule is CC(C)(CO)[C@@H](O)C(=O)N/C=C/C(=O)OCc1ccccc1. The van der Waals surface area contributed by atoms with Gasteiger partial charge in [0.15, 0.2) is 0 Å². The molecule has 0 aliphatic heterocycles. The predicted octanol–water partition coefficient (Wildman–Crippen LogP) is 0.739. The molecule has 3 N–H and O–H groups in total. The fourth-order valence-corrected chi connectivity index (χ4v) is 1.49. The van der Waals surface area contributed by atoms with E-state index < -0.39 is 23.4 Å². The second kappa shape index (κ2) is 8.31. The lowest BCUT2D eigenvalue weighted by Crippen LogP contribution is -2.44. The maximum atomic E-state index is 11.6. The third-order valence-corrected chi connectivity index (χ3v) is 3.07. The molecule has 0 aliphatic carbocycles. The van der Waals surface area contributed by atoms with Crippen LogP contribution >= 0.6 is 0 Å². The van der Waals surface area contributed by atoms with Crippen molar-refractivity contribution in [2.45, 2.75) is 26.6 Å². The molecule has 120 valence electrons. The zero-order valence-electron chi connectivity index (χ0n) is 12.7. The molecule has 0 unspecified atom stereocenters. The maximum Gasteiger partial charge on any atom is 0.332 e. The summed E-state index contributed by atoms with van der Waals surface area (Å²) in [6.07, 6.45) is 0.772. The Hall–Kier alpha value is -2.18. The Balaban J connectivity index is 2.39. The Bertz CT molecular complexity index is 525. The van der Waals surface area contributed by atoms with Gasteiger partial charge >= 0.3 is 5.97 Å². The summed E-state index contributed by atoms with van der Waals surface area (Å²) < 4.78 is 4.98. The van der Waals surface area contributed by atoms with Gasteiger partial charge in [-0.25, -0.2) is 4.79 Å². The third kappa shape index (κ3) is 5.67. The number of ether oxygens (including phenoxy) is 1. The van der Waals surface area contributed by atoms with Gasteiger partial charge in [-0.2, -0.15) is 0 Å². The number of carbonyl (C=O) groups is 2. The number of carbonyl (C=O) groups excluding carboxylic acids is 2. The molecule has 22 heavy (non-hydrogen) atoms. The van der Waals surface area contributed by atoms with Crippen LogP contribution in [0.5, 0.6) is 0 Å². The number of hydrogen-bond acceptors (Lipinski definition) is 5. The summed E-state index contributed by atoms with van der Waals surface area (Å²) in [6.45, 7) is 2.90. The van der Waals surface area contributed by atoms with E-state index in [1.807, 2.05) is 30.3 Å². The van der Waals surface area contributed by atoms with Crippen LogP contribution in [-0.2, 0) is 20.9 Å². The molecular formula is C16H21NO5. The number of esters is 1. The molecule has 1 atom stereocenters. The van der Waals surface area contributed by atoms with Crippen LogP contribution in [0.15, 0.2) is 42.6 Å². The minimum Gasteiger partial charge on any atom is -0.458 e. The van der Waals surface area contributed by atoms with E-state index in [4.69, 9.17) is 9.84 Å². The highest BCUT2D eigenvalue weighted by Crippen LogP contribution is 2.19. The Morgan fingerprint density at radius 3 is 2.55 bits per heavy atom. The minimum atomic E-state index is -1.39. The number of benzene rings is 1. The number of hydrogen-bond donors (Lipinski definition) is 3. The molecule has 6 heteroatoms. The summed E-state index contributed by atoms with van der Waals surface area (Å²) >= 11 is 0. The fraction of sp³-hybridized carbons (Fsp3) is 0.375. The minimum absolute atomic E-state index is 0.137. The van der Waals surface area contributed by atoms with Gasteiger partial charge in [0.25, 0.3) is 5.91 Å². The van der Waals surface area contributed by atoms with Crippen molar-refractivity contribution in [3.05, 3.63) is 48.2 Å². The van der Waals surface area contributed by atoms with Crippen LogP contribution in [0.3, 0.4) is 0 Å². The van der Waals surface area contributed by atoms with Crippen LogP contribution in [0.1, 0.15) is 19.4 Å². The molecule has 0 radical (unpaired) electrons. The Morgan fingerprint density at radius 2 is 1.95 bits per heavy atom. The van der Waals surface area contributed by atoms with E-state index in [-0.39, 0.29) is 13.2 Å². The molecule has 1 amide bonds. The summed E-state index contributed by atoms with van der Waals surface area (Å²) in [5.41, 5.74) is -0.112. The van der Waals surface area contributed by atoms with E-state index in [0.717, 1.165) is 17.8 Å². The molecule has 1 aromatic rings. The van der Waals surface area contributed by atoms with E-state index in [2.05, 4.69) is 5.32 Å². The monoisotopic (exact) mass is 307 g/mol. The molecule has 0 saturated heterocycles. The molecule has 0 bridgehead atoms. The Morgan fingerprint density at radius 1 is 1.32 bits per heavy atom. The summed E-state index contributed by atoms with van der Waals surface area (Å²) in [4.78, 5) is 23.1. The van der Waals surface area contributed by atoms with Gasteiger partial charge in [-0.15, -0.1) is 0 Å². The molecule has 0 aromatic heterocycles. The van der Waals surface area contributed by atoms with Gasteiger partial charge in [-0.05, 0) is 5.56 Å². The van der Waals surface area contributed by atoms with Crippen molar-refractivity contribution in [2.24, 2.45) is 5.41 Å². The lowest BCUT2D eigenvalue weighted by atomic mass is 9.87. The van der Waals surface area contributed by atoms with Crippen LogP contribution in [-0.4, -0.2) is 34.8 Å². The van der Waals surface area contributed by atoms with Crippen LogP contribution < -0.4 is 5.32 Å². The van der Waals surface area contributed by atoms with Crippen LogP contribution in [0.25, 0.3) is 0 Å². The first kappa shape index (κ1) is 17.9. The van der Waals surface area contributed by atoms with Crippen molar-refractivity contribution in [3.8, 4) is 0 Å². The quantitative estimate of drug-likeness (QED) is 0.510. The van der Waals surface area contributed by atoms with Gasteiger partial charge in [-0.3, -0.25) is 4.79 Å². The average Bonchev–Trinajstić information content (AvgIpc) is 2.53. The summed E-state index contributed by atoms with van der Waals surface area (Å²) in [5, 5.41) is 21.1. The standard InChI is InChI=1S/C16H21NO5/c1-16(2,11-18)14(20)15(21)17-9-8-13(19)22-10-12-6-4-3-5-7-12/h3-9,14,18,20H,10-11H2,1-2H3,(H,17,21)/b9-8+/t14-/m0/s1. The fourth-order valence-electron chi connectivity index (χ4n) is 1.49. The molecule has 0 saturated carbocycles. The first-order valence-electron chi connectivity index (χ1n) is 6.83. The second-order valence-corrected chi connectivity index (χ2v) is 5.48. The Kier molecular flexibility index (Phi) is 6.75.